The predicted octanol–water partition coefficient (Wildman–Crippen LogP) is 6.71. The van der Waals surface area contributed by atoms with E-state index in [0.717, 1.165) is 22.9 Å². The molecule has 3 aromatic rings. The number of hydrogen-bond donors (Lipinski definition) is 1. The molecule has 7 nitrogen and oxygen atoms in total. The molecule has 0 radical (unpaired) electrons. The van der Waals surface area contributed by atoms with Gasteiger partial charge in [0.25, 0.3) is 0 Å². The molecule has 0 spiro atoms. The summed E-state index contributed by atoms with van der Waals surface area (Å²) < 4.78 is 26.8. The number of sulfonamides is 1. The van der Waals surface area contributed by atoms with Crippen LogP contribution < -0.4 is 9.62 Å². The maximum atomic E-state index is 14.0. The molecule has 1 unspecified atom stereocenters. The molecule has 0 aliphatic rings. The summed E-state index contributed by atoms with van der Waals surface area (Å²) in [5.41, 5.74) is 3.60. The highest BCUT2D eigenvalue weighted by Crippen LogP contribution is 2.26. The van der Waals surface area contributed by atoms with Gasteiger partial charge in [0.1, 0.15) is 6.04 Å². The van der Waals surface area contributed by atoms with Crippen molar-refractivity contribution in [2.45, 2.75) is 72.0 Å². The second-order valence-electron chi connectivity index (χ2n) is 11.9. The number of halogens is 2. The second-order valence-corrected chi connectivity index (χ2v) is 14.7. The molecule has 0 aliphatic carbocycles. The summed E-state index contributed by atoms with van der Waals surface area (Å²) in [6.07, 6.45) is 1.72. The lowest BCUT2D eigenvalue weighted by molar-refractivity contribution is -0.142. The van der Waals surface area contributed by atoms with Crippen molar-refractivity contribution < 1.29 is 18.0 Å². The molecule has 2 amide bonds. The topological polar surface area (TPSA) is 86.8 Å². The number of hydrogen-bond acceptors (Lipinski definition) is 4. The third-order valence-corrected chi connectivity index (χ3v) is 8.84. The van der Waals surface area contributed by atoms with Crippen molar-refractivity contribution in [3.8, 4) is 0 Å². The minimum absolute atomic E-state index is 0.0240. The average molecular weight is 647 g/mol. The fourth-order valence-electron chi connectivity index (χ4n) is 4.72. The molecule has 10 heteroatoms. The summed E-state index contributed by atoms with van der Waals surface area (Å²) in [5.74, 6) is -0.577. The SMILES string of the molecule is Cc1ccc(N(CCCC(=O)N(Cc2ccc(Cl)cc2Cl)C(Cc2ccccc2)C(=O)NC(C)(C)C)S(C)(=O)=O)cc1C. The van der Waals surface area contributed by atoms with Gasteiger partial charge in [-0.3, -0.25) is 13.9 Å². The minimum Gasteiger partial charge on any atom is -0.350 e. The summed E-state index contributed by atoms with van der Waals surface area (Å²) >= 11 is 12.7. The Balaban J connectivity index is 1.94. The van der Waals surface area contributed by atoms with Crippen molar-refractivity contribution in [1.82, 2.24) is 10.2 Å². The molecule has 0 bridgehead atoms. The van der Waals surface area contributed by atoms with Gasteiger partial charge in [0.05, 0.1) is 11.9 Å². The van der Waals surface area contributed by atoms with E-state index in [4.69, 9.17) is 23.2 Å². The van der Waals surface area contributed by atoms with Gasteiger partial charge >= 0.3 is 0 Å². The zero-order valence-electron chi connectivity index (χ0n) is 25.7. The molecular formula is C33H41Cl2N3O4S. The van der Waals surface area contributed by atoms with Gasteiger partial charge < -0.3 is 10.2 Å². The van der Waals surface area contributed by atoms with Gasteiger partial charge in [0, 0.05) is 41.5 Å². The van der Waals surface area contributed by atoms with Crippen molar-refractivity contribution in [2.75, 3.05) is 17.1 Å². The number of carbonyl (C=O) groups is 2. The van der Waals surface area contributed by atoms with E-state index in [2.05, 4.69) is 5.32 Å². The first-order chi connectivity index (χ1) is 20.0. The summed E-state index contributed by atoms with van der Waals surface area (Å²) in [6.45, 7) is 9.75. The number of nitrogens with zero attached hydrogens (tertiary/aromatic N) is 2. The average Bonchev–Trinajstić information content (AvgIpc) is 2.90. The van der Waals surface area contributed by atoms with Crippen LogP contribution in [0.15, 0.2) is 66.7 Å². The molecule has 43 heavy (non-hydrogen) atoms. The molecular weight excluding hydrogens is 605 g/mol. The number of anilines is 1. The van der Waals surface area contributed by atoms with E-state index in [1.165, 1.54) is 4.31 Å². The molecule has 0 fully saturated rings. The summed E-state index contributed by atoms with van der Waals surface area (Å²) in [6, 6.07) is 19.2. The van der Waals surface area contributed by atoms with Crippen LogP contribution in [-0.2, 0) is 32.6 Å². The van der Waals surface area contributed by atoms with Crippen molar-refractivity contribution >= 4 is 50.7 Å². The van der Waals surface area contributed by atoms with Gasteiger partial charge in [0.2, 0.25) is 21.8 Å². The largest absolute Gasteiger partial charge is 0.350 e. The van der Waals surface area contributed by atoms with Crippen LogP contribution in [0.25, 0.3) is 0 Å². The molecule has 232 valence electrons. The first-order valence-corrected chi connectivity index (χ1v) is 16.8. The molecule has 0 heterocycles. The normalized spacial score (nSPS) is 12.5. The Bertz CT molecular complexity index is 1540. The van der Waals surface area contributed by atoms with Crippen LogP contribution in [0.5, 0.6) is 0 Å². The lowest BCUT2D eigenvalue weighted by Gasteiger charge is -2.34. The van der Waals surface area contributed by atoms with Gasteiger partial charge in [-0.1, -0.05) is 65.7 Å². The van der Waals surface area contributed by atoms with Crippen LogP contribution in [0, 0.1) is 13.8 Å². The predicted molar refractivity (Wildman–Crippen MR) is 176 cm³/mol. The highest BCUT2D eigenvalue weighted by Gasteiger charge is 2.32. The summed E-state index contributed by atoms with van der Waals surface area (Å²) in [4.78, 5) is 29.3. The van der Waals surface area contributed by atoms with Crippen LogP contribution in [-0.4, -0.2) is 49.5 Å². The number of amides is 2. The maximum absolute atomic E-state index is 14.0. The van der Waals surface area contributed by atoms with Crippen molar-refractivity contribution in [3.63, 3.8) is 0 Å². The molecule has 1 atom stereocenters. The van der Waals surface area contributed by atoms with Crippen LogP contribution in [0.3, 0.4) is 0 Å². The number of rotatable bonds is 12. The zero-order valence-corrected chi connectivity index (χ0v) is 28.0. The highest BCUT2D eigenvalue weighted by molar-refractivity contribution is 7.92. The Kier molecular flexibility index (Phi) is 11.7. The molecule has 0 aliphatic heterocycles. The molecule has 0 saturated heterocycles. The highest BCUT2D eigenvalue weighted by atomic mass is 35.5. The van der Waals surface area contributed by atoms with Gasteiger partial charge in [-0.05, 0) is 87.6 Å². The van der Waals surface area contributed by atoms with Crippen molar-refractivity contribution in [1.29, 1.82) is 0 Å². The molecule has 1 N–H and O–H groups in total. The van der Waals surface area contributed by atoms with E-state index in [0.29, 0.717) is 21.3 Å². The lowest BCUT2D eigenvalue weighted by atomic mass is 10.00. The molecule has 3 rings (SSSR count). The van der Waals surface area contributed by atoms with Gasteiger partial charge in [0.15, 0.2) is 0 Å². The Hall–Kier alpha value is -3.07. The monoisotopic (exact) mass is 645 g/mol. The standard InChI is InChI=1S/C33H41Cl2N3O4S/c1-23-14-17-28(19-24(23)2)38(43(6,41)42)18-10-13-31(39)37(22-26-15-16-27(34)21-29(26)35)30(32(40)36-33(3,4)5)20-25-11-8-7-9-12-25/h7-9,11-12,14-17,19,21,30H,10,13,18,20,22H2,1-6H3,(H,36,40). The maximum Gasteiger partial charge on any atom is 0.243 e. The minimum atomic E-state index is -3.60. The number of nitrogens with one attached hydrogen (secondary N) is 1. The van der Waals surface area contributed by atoms with Crippen LogP contribution >= 0.6 is 23.2 Å². The van der Waals surface area contributed by atoms with Gasteiger partial charge in [-0.2, -0.15) is 0 Å². The Morgan fingerprint density at radius 1 is 0.930 bits per heavy atom. The van der Waals surface area contributed by atoms with E-state index >= 15 is 0 Å². The Morgan fingerprint density at radius 2 is 1.60 bits per heavy atom. The number of carbonyl (C=O) groups excluding carboxylic acids is 2. The molecule has 0 aromatic heterocycles. The molecule has 0 saturated carbocycles. The number of aryl methyl sites for hydroxylation is 2. The third kappa shape index (κ3) is 10.3. The third-order valence-electron chi connectivity index (χ3n) is 7.06. The van der Waals surface area contributed by atoms with Crippen LogP contribution in [0.4, 0.5) is 5.69 Å². The smallest absolute Gasteiger partial charge is 0.243 e. The Labute approximate surface area is 266 Å². The number of benzene rings is 3. The summed E-state index contributed by atoms with van der Waals surface area (Å²) in [7, 11) is -3.60. The fraction of sp³-hybridized carbons (Fsp3) is 0.394. The van der Waals surface area contributed by atoms with Crippen LogP contribution in [0.1, 0.15) is 55.9 Å². The lowest BCUT2D eigenvalue weighted by Crippen LogP contribution is -2.54. The van der Waals surface area contributed by atoms with E-state index in [9.17, 15) is 18.0 Å². The van der Waals surface area contributed by atoms with Crippen molar-refractivity contribution in [2.24, 2.45) is 0 Å². The second kappa shape index (κ2) is 14.6. The van der Waals surface area contributed by atoms with Crippen LogP contribution in [0.2, 0.25) is 10.0 Å². The van der Waals surface area contributed by atoms with E-state index in [1.54, 1.807) is 29.2 Å². The summed E-state index contributed by atoms with van der Waals surface area (Å²) in [5, 5.41) is 3.89. The Morgan fingerprint density at radius 3 is 2.19 bits per heavy atom. The zero-order chi connectivity index (χ0) is 31.9. The van der Waals surface area contributed by atoms with Crippen molar-refractivity contribution in [3.05, 3.63) is 99.0 Å². The van der Waals surface area contributed by atoms with E-state index in [-0.39, 0.29) is 44.2 Å². The first-order valence-electron chi connectivity index (χ1n) is 14.2. The molecule has 3 aromatic carbocycles. The van der Waals surface area contributed by atoms with Gasteiger partial charge in [-0.15, -0.1) is 0 Å². The fourth-order valence-corrected chi connectivity index (χ4v) is 6.15. The first kappa shape index (κ1) is 34.4. The van der Waals surface area contributed by atoms with Gasteiger partial charge in [-0.25, -0.2) is 8.42 Å². The van der Waals surface area contributed by atoms with E-state index in [1.807, 2.05) is 77.1 Å². The quantitative estimate of drug-likeness (QED) is 0.237. The van der Waals surface area contributed by atoms with E-state index < -0.39 is 21.6 Å².